The van der Waals surface area contributed by atoms with Crippen LogP contribution in [-0.4, -0.2) is 20.3 Å². The smallest absolute Gasteiger partial charge is 0.252 e. The predicted octanol–water partition coefficient (Wildman–Crippen LogP) is 2.58. The molecule has 4 rings (SSSR count). The monoisotopic (exact) mass is 276 g/mol. The highest BCUT2D eigenvalue weighted by atomic mass is 16.1. The molecule has 0 saturated carbocycles. The second-order valence-corrected chi connectivity index (χ2v) is 4.91. The normalized spacial score (nSPS) is 11.2. The molecule has 3 heterocycles. The number of para-hydroxylation sites is 1. The van der Waals surface area contributed by atoms with Crippen molar-refractivity contribution in [1.82, 2.24) is 14.4 Å². The molecule has 3 N–H and O–H groups in total. The van der Waals surface area contributed by atoms with E-state index >= 15 is 0 Å². The van der Waals surface area contributed by atoms with Crippen molar-refractivity contribution in [3.63, 3.8) is 0 Å². The number of rotatable bonds is 2. The molecule has 0 saturated heterocycles. The van der Waals surface area contributed by atoms with Gasteiger partial charge in [0.1, 0.15) is 11.3 Å². The second-order valence-electron chi connectivity index (χ2n) is 4.91. The van der Waals surface area contributed by atoms with E-state index in [2.05, 4.69) is 9.97 Å². The Morgan fingerprint density at radius 2 is 2.05 bits per heavy atom. The van der Waals surface area contributed by atoms with Crippen molar-refractivity contribution in [1.29, 1.82) is 0 Å². The molecule has 0 unspecified atom stereocenters. The van der Waals surface area contributed by atoms with Gasteiger partial charge in [0.05, 0.1) is 11.3 Å². The van der Waals surface area contributed by atoms with Crippen LogP contribution in [0.25, 0.3) is 27.9 Å². The molecular weight excluding hydrogens is 264 g/mol. The Bertz CT molecular complexity index is 947. The highest BCUT2D eigenvalue weighted by Gasteiger charge is 2.12. The molecule has 21 heavy (non-hydrogen) atoms. The van der Waals surface area contributed by atoms with E-state index in [0.717, 1.165) is 22.3 Å². The number of nitrogens with two attached hydrogens (primary N) is 1. The summed E-state index contributed by atoms with van der Waals surface area (Å²) >= 11 is 0. The van der Waals surface area contributed by atoms with Gasteiger partial charge in [0.2, 0.25) is 0 Å². The summed E-state index contributed by atoms with van der Waals surface area (Å²) in [5.74, 6) is -0.477. The number of imidazole rings is 1. The average molecular weight is 276 g/mol. The standard InChI is InChI=1S/C16H12N4O/c17-15(21)11-5-3-7-20-9-14(19-16(11)20)13-8-10-4-1-2-6-12(10)18-13/h1-9,18H,(H2,17,21). The molecular formula is C16H12N4O. The van der Waals surface area contributed by atoms with E-state index in [-0.39, 0.29) is 0 Å². The molecule has 0 aliphatic heterocycles. The summed E-state index contributed by atoms with van der Waals surface area (Å²) in [5, 5.41) is 1.12. The van der Waals surface area contributed by atoms with Crippen LogP contribution in [-0.2, 0) is 0 Å². The first-order chi connectivity index (χ1) is 10.2. The van der Waals surface area contributed by atoms with Crippen molar-refractivity contribution in [3.05, 3.63) is 60.4 Å². The van der Waals surface area contributed by atoms with Crippen LogP contribution in [0, 0.1) is 0 Å². The van der Waals surface area contributed by atoms with Gasteiger partial charge in [-0.05, 0) is 24.3 Å². The summed E-state index contributed by atoms with van der Waals surface area (Å²) in [5.41, 5.74) is 9.12. The van der Waals surface area contributed by atoms with E-state index in [1.54, 1.807) is 16.5 Å². The molecule has 0 radical (unpaired) electrons. The van der Waals surface area contributed by atoms with Crippen LogP contribution in [0.4, 0.5) is 0 Å². The van der Waals surface area contributed by atoms with E-state index in [0.29, 0.717) is 11.2 Å². The molecule has 1 amide bonds. The molecule has 0 spiro atoms. The first kappa shape index (κ1) is 11.7. The minimum Gasteiger partial charge on any atom is -0.365 e. The Labute approximate surface area is 120 Å². The van der Waals surface area contributed by atoms with Crippen LogP contribution >= 0.6 is 0 Å². The van der Waals surface area contributed by atoms with Crippen LogP contribution in [0.3, 0.4) is 0 Å². The summed E-state index contributed by atoms with van der Waals surface area (Å²) in [6, 6.07) is 13.5. The molecule has 0 aliphatic rings. The van der Waals surface area contributed by atoms with E-state index in [9.17, 15) is 4.79 Å². The van der Waals surface area contributed by atoms with Gasteiger partial charge in [-0.1, -0.05) is 18.2 Å². The molecule has 3 aromatic heterocycles. The Morgan fingerprint density at radius 1 is 1.19 bits per heavy atom. The molecule has 0 atom stereocenters. The van der Waals surface area contributed by atoms with Crippen molar-refractivity contribution in [3.8, 4) is 11.4 Å². The third-order valence-electron chi connectivity index (χ3n) is 3.55. The number of hydrogen-bond acceptors (Lipinski definition) is 2. The lowest BCUT2D eigenvalue weighted by Gasteiger charge is -1.97. The lowest BCUT2D eigenvalue weighted by Crippen LogP contribution is -2.12. The molecule has 0 fully saturated rings. The van der Waals surface area contributed by atoms with Crippen molar-refractivity contribution in [2.45, 2.75) is 0 Å². The van der Waals surface area contributed by atoms with Crippen molar-refractivity contribution < 1.29 is 4.79 Å². The van der Waals surface area contributed by atoms with Crippen molar-refractivity contribution >= 4 is 22.5 Å². The number of nitrogens with zero attached hydrogens (tertiary/aromatic N) is 2. The number of primary amides is 1. The molecule has 5 heteroatoms. The van der Waals surface area contributed by atoms with Gasteiger partial charge < -0.3 is 15.1 Å². The average Bonchev–Trinajstić information content (AvgIpc) is 3.09. The number of aromatic amines is 1. The maximum Gasteiger partial charge on any atom is 0.252 e. The number of aromatic nitrogens is 3. The van der Waals surface area contributed by atoms with Gasteiger partial charge in [-0.15, -0.1) is 0 Å². The predicted molar refractivity (Wildman–Crippen MR) is 81.0 cm³/mol. The number of carbonyl (C=O) groups is 1. The zero-order valence-corrected chi connectivity index (χ0v) is 11.1. The number of carbonyl (C=O) groups excluding carboxylic acids is 1. The van der Waals surface area contributed by atoms with Crippen LogP contribution in [0.2, 0.25) is 0 Å². The summed E-state index contributed by atoms with van der Waals surface area (Å²) < 4.78 is 1.81. The quantitative estimate of drug-likeness (QED) is 0.590. The Balaban J connectivity index is 1.94. The number of amides is 1. The van der Waals surface area contributed by atoms with Crippen molar-refractivity contribution in [2.24, 2.45) is 5.73 Å². The highest BCUT2D eigenvalue weighted by Crippen LogP contribution is 2.24. The second kappa shape index (κ2) is 4.21. The van der Waals surface area contributed by atoms with Gasteiger partial charge in [-0.25, -0.2) is 4.98 Å². The van der Waals surface area contributed by atoms with Gasteiger partial charge >= 0.3 is 0 Å². The number of fused-ring (bicyclic) bond motifs is 2. The minimum atomic E-state index is -0.477. The molecule has 1 aromatic carbocycles. The summed E-state index contributed by atoms with van der Waals surface area (Å²) in [7, 11) is 0. The van der Waals surface area contributed by atoms with E-state index in [4.69, 9.17) is 5.73 Å². The number of H-pyrrole nitrogens is 1. The maximum absolute atomic E-state index is 11.5. The zero-order valence-electron chi connectivity index (χ0n) is 11.1. The first-order valence-corrected chi connectivity index (χ1v) is 6.58. The molecule has 0 aliphatic carbocycles. The van der Waals surface area contributed by atoms with Crippen LogP contribution in [0.15, 0.2) is 54.9 Å². The van der Waals surface area contributed by atoms with Crippen LogP contribution in [0.5, 0.6) is 0 Å². The molecule has 0 bridgehead atoms. The Kier molecular flexibility index (Phi) is 2.35. The third kappa shape index (κ3) is 1.79. The maximum atomic E-state index is 11.5. The molecule has 5 nitrogen and oxygen atoms in total. The fourth-order valence-electron chi connectivity index (χ4n) is 2.55. The van der Waals surface area contributed by atoms with E-state index in [1.807, 2.05) is 42.7 Å². The van der Waals surface area contributed by atoms with Gasteiger partial charge in [0.15, 0.2) is 0 Å². The summed E-state index contributed by atoms with van der Waals surface area (Å²) in [6.45, 7) is 0. The third-order valence-corrected chi connectivity index (χ3v) is 3.55. The zero-order chi connectivity index (χ0) is 14.4. The SMILES string of the molecule is NC(=O)c1cccn2cc(-c3cc4ccccc4[nH]3)nc12. The summed E-state index contributed by atoms with van der Waals surface area (Å²) in [4.78, 5) is 19.3. The summed E-state index contributed by atoms with van der Waals surface area (Å²) in [6.07, 6.45) is 3.73. The van der Waals surface area contributed by atoms with Crippen LogP contribution < -0.4 is 5.73 Å². The van der Waals surface area contributed by atoms with Gasteiger partial charge in [0, 0.05) is 23.3 Å². The van der Waals surface area contributed by atoms with Gasteiger partial charge in [0.25, 0.3) is 5.91 Å². The first-order valence-electron chi connectivity index (χ1n) is 6.58. The van der Waals surface area contributed by atoms with Gasteiger partial charge in [-0.2, -0.15) is 0 Å². The van der Waals surface area contributed by atoms with E-state index in [1.165, 1.54) is 0 Å². The van der Waals surface area contributed by atoms with Gasteiger partial charge in [-0.3, -0.25) is 4.79 Å². The Morgan fingerprint density at radius 3 is 2.86 bits per heavy atom. The number of pyridine rings is 1. The number of hydrogen-bond donors (Lipinski definition) is 2. The molecule has 4 aromatic rings. The number of nitrogens with one attached hydrogen (secondary N) is 1. The van der Waals surface area contributed by atoms with Crippen molar-refractivity contribution in [2.75, 3.05) is 0 Å². The Hall–Kier alpha value is -3.08. The molecule has 102 valence electrons. The lowest BCUT2D eigenvalue weighted by molar-refractivity contribution is 0.100. The van der Waals surface area contributed by atoms with Crippen LogP contribution in [0.1, 0.15) is 10.4 Å². The fourth-order valence-corrected chi connectivity index (χ4v) is 2.55. The lowest BCUT2D eigenvalue weighted by atomic mass is 10.2. The highest BCUT2D eigenvalue weighted by molar-refractivity contribution is 5.99. The largest absolute Gasteiger partial charge is 0.365 e. The van der Waals surface area contributed by atoms with E-state index < -0.39 is 5.91 Å². The topological polar surface area (TPSA) is 76.2 Å². The fraction of sp³-hybridized carbons (Fsp3) is 0. The number of benzene rings is 1. The minimum absolute atomic E-state index is 0.417.